The Balaban J connectivity index is 3.20. The van der Waals surface area contributed by atoms with E-state index < -0.39 is 0 Å². The Morgan fingerprint density at radius 3 is 2.35 bits per heavy atom. The Labute approximate surface area is 128 Å². The number of benzene rings is 1. The molecule has 0 amide bonds. The van der Waals surface area contributed by atoms with Crippen molar-refractivity contribution < 1.29 is 9.59 Å². The van der Waals surface area contributed by atoms with Gasteiger partial charge in [-0.3, -0.25) is 9.59 Å². The van der Waals surface area contributed by atoms with E-state index in [-0.39, 0.29) is 11.6 Å². The SMILES string of the molecule is C=CCc1cc(C(=O)CI)ccc1C(=O)CI. The standard InChI is InChI=1S/C13H12I2O2/c1-2-3-9-6-10(12(16)7-14)4-5-11(9)13(17)8-15/h2,4-6H,1,3,7-8H2. The normalized spacial score (nSPS) is 10.0. The van der Waals surface area contributed by atoms with Crippen LogP contribution in [0.3, 0.4) is 0 Å². The van der Waals surface area contributed by atoms with E-state index in [9.17, 15) is 9.59 Å². The molecule has 0 heterocycles. The fourth-order valence-electron chi connectivity index (χ4n) is 1.51. The van der Waals surface area contributed by atoms with E-state index in [1.165, 1.54) is 0 Å². The summed E-state index contributed by atoms with van der Waals surface area (Å²) < 4.78 is 0.895. The van der Waals surface area contributed by atoms with Crippen LogP contribution in [0.5, 0.6) is 0 Å². The quantitative estimate of drug-likeness (QED) is 0.285. The van der Waals surface area contributed by atoms with Crippen LogP contribution in [-0.2, 0) is 6.42 Å². The van der Waals surface area contributed by atoms with Crippen LogP contribution in [0, 0.1) is 0 Å². The van der Waals surface area contributed by atoms with E-state index >= 15 is 0 Å². The van der Waals surface area contributed by atoms with E-state index in [0.29, 0.717) is 26.4 Å². The van der Waals surface area contributed by atoms with Crippen LogP contribution in [0.15, 0.2) is 30.9 Å². The van der Waals surface area contributed by atoms with Crippen LogP contribution in [0.4, 0.5) is 0 Å². The highest BCUT2D eigenvalue weighted by molar-refractivity contribution is 14.1. The number of rotatable bonds is 6. The van der Waals surface area contributed by atoms with Gasteiger partial charge >= 0.3 is 0 Å². The molecule has 0 saturated heterocycles. The Kier molecular flexibility index (Phi) is 6.32. The summed E-state index contributed by atoms with van der Waals surface area (Å²) in [5, 5.41) is 0. The van der Waals surface area contributed by atoms with Gasteiger partial charge in [0, 0.05) is 11.1 Å². The van der Waals surface area contributed by atoms with Gasteiger partial charge in [0.1, 0.15) is 0 Å². The lowest BCUT2D eigenvalue weighted by Crippen LogP contribution is -2.07. The van der Waals surface area contributed by atoms with Crippen molar-refractivity contribution in [3.8, 4) is 0 Å². The molecule has 0 bridgehead atoms. The van der Waals surface area contributed by atoms with Crippen molar-refractivity contribution >= 4 is 56.7 Å². The monoisotopic (exact) mass is 454 g/mol. The highest BCUT2D eigenvalue weighted by Gasteiger charge is 2.12. The van der Waals surface area contributed by atoms with E-state index in [0.717, 1.165) is 5.56 Å². The fourth-order valence-corrected chi connectivity index (χ4v) is 2.36. The maximum Gasteiger partial charge on any atom is 0.172 e. The summed E-state index contributed by atoms with van der Waals surface area (Å²) in [7, 11) is 0. The number of ketones is 2. The van der Waals surface area contributed by atoms with Gasteiger partial charge in [0.15, 0.2) is 11.6 Å². The first-order valence-corrected chi connectivity index (χ1v) is 8.11. The second-order valence-electron chi connectivity index (χ2n) is 3.48. The van der Waals surface area contributed by atoms with Gasteiger partial charge in [-0.25, -0.2) is 0 Å². The van der Waals surface area contributed by atoms with Gasteiger partial charge < -0.3 is 0 Å². The third kappa shape index (κ3) is 3.87. The molecule has 2 nitrogen and oxygen atoms in total. The lowest BCUT2D eigenvalue weighted by Gasteiger charge is -2.07. The Bertz CT molecular complexity index is 453. The fraction of sp³-hybridized carbons (Fsp3) is 0.231. The van der Waals surface area contributed by atoms with Gasteiger partial charge in [-0.15, -0.1) is 6.58 Å². The van der Waals surface area contributed by atoms with E-state index in [2.05, 4.69) is 6.58 Å². The van der Waals surface area contributed by atoms with Gasteiger partial charge in [0.2, 0.25) is 0 Å². The molecule has 0 atom stereocenters. The van der Waals surface area contributed by atoms with Crippen LogP contribution >= 0.6 is 45.2 Å². The minimum Gasteiger partial charge on any atom is -0.293 e. The predicted molar refractivity (Wildman–Crippen MR) is 86.8 cm³/mol. The Hall–Kier alpha value is -0.240. The van der Waals surface area contributed by atoms with E-state index in [1.807, 2.05) is 51.2 Å². The molecule has 1 aromatic carbocycles. The zero-order chi connectivity index (χ0) is 12.8. The topological polar surface area (TPSA) is 34.1 Å². The third-order valence-corrected chi connectivity index (χ3v) is 3.72. The molecular formula is C13H12I2O2. The predicted octanol–water partition coefficient (Wildman–Crippen LogP) is 3.65. The molecule has 0 N–H and O–H groups in total. The Morgan fingerprint density at radius 2 is 1.82 bits per heavy atom. The first-order chi connectivity index (χ1) is 8.13. The van der Waals surface area contributed by atoms with Crippen molar-refractivity contribution in [3.63, 3.8) is 0 Å². The maximum atomic E-state index is 11.7. The molecule has 0 aliphatic heterocycles. The first-order valence-electron chi connectivity index (χ1n) is 5.06. The molecule has 0 fully saturated rings. The third-order valence-electron chi connectivity index (χ3n) is 2.33. The van der Waals surface area contributed by atoms with Gasteiger partial charge in [0.25, 0.3) is 0 Å². The highest BCUT2D eigenvalue weighted by Crippen LogP contribution is 2.16. The Morgan fingerprint density at radius 1 is 1.18 bits per heavy atom. The average Bonchev–Trinajstić information content (AvgIpc) is 2.37. The summed E-state index contributed by atoms with van der Waals surface area (Å²) >= 11 is 4.09. The molecule has 0 saturated carbocycles. The van der Waals surface area contributed by atoms with Crippen molar-refractivity contribution in [1.29, 1.82) is 0 Å². The average molecular weight is 454 g/mol. The minimum atomic E-state index is 0.0874. The molecule has 1 aromatic rings. The number of carbonyl (C=O) groups is 2. The van der Waals surface area contributed by atoms with Crippen molar-refractivity contribution in [2.45, 2.75) is 6.42 Å². The zero-order valence-corrected chi connectivity index (χ0v) is 13.5. The number of alkyl halides is 2. The first kappa shape index (κ1) is 14.8. The van der Waals surface area contributed by atoms with Gasteiger partial charge in [-0.05, 0) is 18.1 Å². The summed E-state index contributed by atoms with van der Waals surface area (Å²) in [6, 6.07) is 5.29. The van der Waals surface area contributed by atoms with Crippen LogP contribution < -0.4 is 0 Å². The zero-order valence-electron chi connectivity index (χ0n) is 9.21. The largest absolute Gasteiger partial charge is 0.293 e. The molecule has 0 aliphatic carbocycles. The molecule has 0 radical (unpaired) electrons. The van der Waals surface area contributed by atoms with Crippen LogP contribution in [0.2, 0.25) is 0 Å². The molecule has 4 heteroatoms. The van der Waals surface area contributed by atoms with E-state index in [4.69, 9.17) is 0 Å². The molecule has 90 valence electrons. The minimum absolute atomic E-state index is 0.0874. The lowest BCUT2D eigenvalue weighted by molar-refractivity contribution is 0.101. The van der Waals surface area contributed by atoms with Crippen molar-refractivity contribution in [2.24, 2.45) is 0 Å². The number of hydrogen-bond donors (Lipinski definition) is 0. The maximum absolute atomic E-state index is 11.7. The lowest BCUT2D eigenvalue weighted by atomic mass is 9.97. The number of halogens is 2. The van der Waals surface area contributed by atoms with Crippen LogP contribution in [-0.4, -0.2) is 20.4 Å². The molecule has 0 spiro atoms. The van der Waals surface area contributed by atoms with Gasteiger partial charge in [-0.2, -0.15) is 0 Å². The number of carbonyl (C=O) groups excluding carboxylic acids is 2. The smallest absolute Gasteiger partial charge is 0.172 e. The van der Waals surface area contributed by atoms with Gasteiger partial charge in [0.05, 0.1) is 8.86 Å². The second kappa shape index (κ2) is 7.25. The molecule has 17 heavy (non-hydrogen) atoms. The number of hydrogen-bond acceptors (Lipinski definition) is 2. The van der Waals surface area contributed by atoms with Crippen LogP contribution in [0.25, 0.3) is 0 Å². The summed E-state index contributed by atoms with van der Waals surface area (Å²) in [6.07, 6.45) is 2.36. The highest BCUT2D eigenvalue weighted by atomic mass is 127. The number of Topliss-reactive ketones (excluding diaryl/α,β-unsaturated/α-hetero) is 2. The summed E-state index contributed by atoms with van der Waals surface area (Å²) in [5.41, 5.74) is 2.25. The summed E-state index contributed by atoms with van der Waals surface area (Å²) in [6.45, 7) is 3.68. The molecule has 0 aromatic heterocycles. The summed E-state index contributed by atoms with van der Waals surface area (Å²) in [5.74, 6) is 0.181. The number of allylic oxidation sites excluding steroid dienone is 1. The van der Waals surface area contributed by atoms with Crippen molar-refractivity contribution in [3.05, 3.63) is 47.5 Å². The van der Waals surface area contributed by atoms with Crippen molar-refractivity contribution in [1.82, 2.24) is 0 Å². The van der Waals surface area contributed by atoms with Gasteiger partial charge in [-0.1, -0.05) is 63.4 Å². The summed E-state index contributed by atoms with van der Waals surface area (Å²) in [4.78, 5) is 23.3. The van der Waals surface area contributed by atoms with E-state index in [1.54, 1.807) is 18.2 Å². The molecule has 1 rings (SSSR count). The van der Waals surface area contributed by atoms with Crippen LogP contribution in [0.1, 0.15) is 26.3 Å². The molecular weight excluding hydrogens is 442 g/mol. The second-order valence-corrected chi connectivity index (χ2v) is 5.00. The van der Waals surface area contributed by atoms with Crippen molar-refractivity contribution in [2.75, 3.05) is 8.86 Å². The molecule has 0 unspecified atom stereocenters. The molecule has 0 aliphatic rings.